The summed E-state index contributed by atoms with van der Waals surface area (Å²) in [5, 5.41) is 3.36. The van der Waals surface area contributed by atoms with Gasteiger partial charge < -0.3 is 44.0 Å². The molecule has 105 heavy (non-hydrogen) atoms. The van der Waals surface area contributed by atoms with Crippen LogP contribution in [0.3, 0.4) is 0 Å². The molecular formula is C89H126N6O10. The van der Waals surface area contributed by atoms with E-state index in [1.807, 2.05) is 187 Å². The van der Waals surface area contributed by atoms with Crippen LogP contribution in [0.2, 0.25) is 0 Å². The summed E-state index contributed by atoms with van der Waals surface area (Å²) in [6.07, 6.45) is -1.73. The van der Waals surface area contributed by atoms with Crippen molar-refractivity contribution in [2.45, 2.75) is 316 Å². The van der Waals surface area contributed by atoms with Gasteiger partial charge in [0.25, 0.3) is 5.91 Å². The molecule has 8 atom stereocenters. The van der Waals surface area contributed by atoms with Gasteiger partial charge in [-0.3, -0.25) is 33.6 Å². The van der Waals surface area contributed by atoms with Crippen molar-refractivity contribution in [3.8, 4) is 34.1 Å². The molecule has 11 bridgehead atoms. The second-order valence-corrected chi connectivity index (χ2v) is 34.3. The molecule has 0 fully saturated rings. The fourth-order valence-corrected chi connectivity index (χ4v) is 16.8. The highest BCUT2D eigenvalue weighted by molar-refractivity contribution is 6.01. The van der Waals surface area contributed by atoms with Gasteiger partial charge in [0.05, 0.1) is 6.10 Å². The number of ketones is 1. The lowest BCUT2D eigenvalue weighted by Crippen LogP contribution is -2.64. The lowest BCUT2D eigenvalue weighted by atomic mass is 9.73. The number of fused-ring (bicyclic) bond motifs is 15. The van der Waals surface area contributed by atoms with Crippen LogP contribution < -0.4 is 14.8 Å². The molecule has 5 aromatic rings. The topological polar surface area (TPSA) is 175 Å². The average Bonchev–Trinajstić information content (AvgIpc) is 0.734. The summed E-state index contributed by atoms with van der Waals surface area (Å²) in [5.74, 6) is -4.51. The van der Waals surface area contributed by atoms with Crippen molar-refractivity contribution in [1.82, 2.24) is 29.8 Å². The Hall–Kier alpha value is -7.85. The number of carbonyl (C=O) groups is 7. The maximum Gasteiger partial charge on any atom is 0.251 e. The standard InChI is InChI=1S/C89H126N6O10/c1-44(2)66-34-31-61-41-68(66)75-69(43-67(45(3)4)73(47(7)8)74(75)48(9)10)80(82(96)50(13)14)94(55(23)24)86(99)76-83(103-57(27)28)62-33-36-71(59(30)38-62)105-65-40-63-39-64(42-65)104-70-35-32-60(37-58(70)29)72(46(5)6)81(95(56(25)26)85(98)51(15)16)89(102)91(52(17)18)77(49(11)12)87(100)93(54(21)22)79(63)88(101)92(53(19)20)78(61)84(97)90-76/h31-57,72,76-81,83H,1-30H3,(H,90,97)/t72-,76+,77?,78?,79-,80-,81-,83-/m1/s1. The number of carbonyl (C=O) groups excluding carboxylic acids is 7. The van der Waals surface area contributed by atoms with Gasteiger partial charge in [-0.15, -0.1) is 0 Å². The molecule has 0 saturated heterocycles. The second kappa shape index (κ2) is 33.1. The van der Waals surface area contributed by atoms with E-state index in [0.717, 1.165) is 44.5 Å². The number of benzene rings is 5. The first-order chi connectivity index (χ1) is 49.0. The smallest absolute Gasteiger partial charge is 0.251 e. The van der Waals surface area contributed by atoms with Crippen molar-refractivity contribution >= 4 is 41.2 Å². The fraction of sp³-hybridized carbons (Fsp3) is 0.584. The largest absolute Gasteiger partial charge is 0.457 e. The molecule has 2 unspecified atom stereocenters. The van der Waals surface area contributed by atoms with Crippen molar-refractivity contribution in [1.29, 1.82) is 0 Å². The van der Waals surface area contributed by atoms with Crippen LogP contribution in [0.5, 0.6) is 23.0 Å². The third-order valence-corrected chi connectivity index (χ3v) is 21.4. The molecule has 5 aliphatic heterocycles. The Morgan fingerprint density at radius 3 is 1.42 bits per heavy atom. The van der Waals surface area contributed by atoms with Gasteiger partial charge in [-0.1, -0.05) is 147 Å². The van der Waals surface area contributed by atoms with Crippen LogP contribution in [0, 0.1) is 37.5 Å². The molecule has 1 N–H and O–H groups in total. The van der Waals surface area contributed by atoms with Crippen LogP contribution in [0.15, 0.2) is 78.9 Å². The Bertz CT molecular complexity index is 4040. The Morgan fingerprint density at radius 1 is 0.467 bits per heavy atom. The minimum atomic E-state index is -1.61. The third kappa shape index (κ3) is 16.5. The molecule has 0 aromatic heterocycles. The molecule has 0 saturated carbocycles. The molecular weight excluding hydrogens is 1310 g/mol. The summed E-state index contributed by atoms with van der Waals surface area (Å²) in [6, 6.07) is 13.4. The van der Waals surface area contributed by atoms with Gasteiger partial charge in [-0.2, -0.15) is 0 Å². The van der Waals surface area contributed by atoms with Gasteiger partial charge >= 0.3 is 0 Å². The van der Waals surface area contributed by atoms with E-state index >= 15 is 33.6 Å². The molecule has 6 amide bonds. The molecule has 10 rings (SSSR count). The second-order valence-electron chi connectivity index (χ2n) is 34.3. The van der Waals surface area contributed by atoms with Crippen LogP contribution >= 0.6 is 0 Å². The minimum Gasteiger partial charge on any atom is -0.457 e. The summed E-state index contributed by atoms with van der Waals surface area (Å²) in [7, 11) is 0. The Morgan fingerprint density at radius 2 is 0.971 bits per heavy atom. The van der Waals surface area contributed by atoms with Crippen LogP contribution in [-0.2, 0) is 38.3 Å². The fourth-order valence-electron chi connectivity index (χ4n) is 16.8. The van der Waals surface area contributed by atoms with E-state index in [-0.39, 0.29) is 58.3 Å². The molecule has 5 aromatic carbocycles. The van der Waals surface area contributed by atoms with Gasteiger partial charge in [0.1, 0.15) is 65.4 Å². The average molecular weight is 1440 g/mol. The number of nitrogens with zero attached hydrogens (tertiary/aromatic N) is 5. The first-order valence-corrected chi connectivity index (χ1v) is 39.1. The van der Waals surface area contributed by atoms with Gasteiger partial charge in [-0.25, -0.2) is 0 Å². The molecule has 0 aliphatic carbocycles. The number of amides is 6. The van der Waals surface area contributed by atoms with E-state index < -0.39 is 132 Å². The predicted octanol–water partition coefficient (Wildman–Crippen LogP) is 19.1. The number of aryl methyl sites for hydroxylation is 2. The van der Waals surface area contributed by atoms with Crippen molar-refractivity contribution in [2.24, 2.45) is 23.7 Å². The van der Waals surface area contributed by atoms with Crippen molar-refractivity contribution in [3.05, 3.63) is 140 Å². The zero-order valence-electron chi connectivity index (χ0n) is 69.0. The van der Waals surface area contributed by atoms with Crippen molar-refractivity contribution in [3.63, 3.8) is 0 Å². The van der Waals surface area contributed by atoms with E-state index in [2.05, 4.69) is 86.7 Å². The zero-order chi connectivity index (χ0) is 78.5. The quantitative estimate of drug-likeness (QED) is 0.0943. The summed E-state index contributed by atoms with van der Waals surface area (Å²) >= 11 is 0. The monoisotopic (exact) mass is 1440 g/mol. The highest BCUT2D eigenvalue weighted by atomic mass is 16.5. The Balaban J connectivity index is 1.63. The maximum atomic E-state index is 18.0. The van der Waals surface area contributed by atoms with Crippen LogP contribution in [0.25, 0.3) is 11.1 Å². The van der Waals surface area contributed by atoms with E-state index in [1.165, 1.54) is 0 Å². The number of Topliss-reactive ketones (excluding diaryl/α,β-unsaturated/α-hetero) is 1. The van der Waals surface area contributed by atoms with E-state index in [9.17, 15) is 0 Å². The van der Waals surface area contributed by atoms with E-state index in [1.54, 1.807) is 42.7 Å². The third-order valence-electron chi connectivity index (χ3n) is 21.4. The van der Waals surface area contributed by atoms with Crippen molar-refractivity contribution < 1.29 is 47.8 Å². The molecule has 16 nitrogen and oxygen atoms in total. The highest BCUT2D eigenvalue weighted by Crippen LogP contribution is 2.51. The van der Waals surface area contributed by atoms with E-state index in [0.29, 0.717) is 33.8 Å². The lowest BCUT2D eigenvalue weighted by molar-refractivity contribution is -0.163. The Labute approximate surface area is 629 Å². The zero-order valence-corrected chi connectivity index (χ0v) is 69.0. The Kier molecular flexibility index (Phi) is 26.1. The summed E-state index contributed by atoms with van der Waals surface area (Å²) in [5.41, 5.74) is 9.88. The van der Waals surface area contributed by atoms with Gasteiger partial charge in [-0.05, 0) is 241 Å². The number of hydrogen-bond donors (Lipinski definition) is 1. The molecule has 0 radical (unpaired) electrons. The first kappa shape index (κ1) is 82.8. The molecule has 572 valence electrons. The number of nitrogens with one attached hydrogen (secondary N) is 1. The van der Waals surface area contributed by atoms with Crippen molar-refractivity contribution in [2.75, 3.05) is 0 Å². The van der Waals surface area contributed by atoms with Gasteiger partial charge in [0.2, 0.25) is 29.5 Å². The molecule has 5 aliphatic rings. The SMILES string of the molecule is Cc1cc2ccc1Oc1cc3cc(c1)[C@H](C(=O)N(C(C)C)C1C(=O)N[C@H](C(=O)N(C(C)C)[C@@H](C(=O)C(C)C)c4cc(C(C)C)c(C(C)C)c(C(C)C)c4-c4cc1ccc4C(C)C)[C@@H]2OC(C)C)N(C(C)C)C(=O)C(C(C)C)N(C(C)C)C(=O)[C@H](N(C(=O)C(C)C)C(C)C)[C@H](C(C)C)c1ccc(c(C)c1)O3. The highest BCUT2D eigenvalue weighted by Gasteiger charge is 2.52. The molecule has 16 heteroatoms. The number of rotatable bonds is 17. The number of ether oxygens (including phenoxy) is 3. The first-order valence-electron chi connectivity index (χ1n) is 39.1. The predicted molar refractivity (Wildman–Crippen MR) is 421 cm³/mol. The van der Waals surface area contributed by atoms with Crippen LogP contribution in [0.4, 0.5) is 0 Å². The van der Waals surface area contributed by atoms with Gasteiger partial charge in [0.15, 0.2) is 5.78 Å². The summed E-state index contributed by atoms with van der Waals surface area (Å²) < 4.78 is 21.3. The van der Waals surface area contributed by atoms with Crippen LogP contribution in [-0.4, -0.2) is 120 Å². The number of hydrogen-bond acceptors (Lipinski definition) is 10. The van der Waals surface area contributed by atoms with Gasteiger partial charge in [0, 0.05) is 54.0 Å². The van der Waals surface area contributed by atoms with Crippen LogP contribution in [0.1, 0.15) is 309 Å². The minimum absolute atomic E-state index is 0.00651. The molecule has 0 spiro atoms. The summed E-state index contributed by atoms with van der Waals surface area (Å²) in [4.78, 5) is 126. The molecule has 5 heterocycles. The maximum absolute atomic E-state index is 18.0. The normalized spacial score (nSPS) is 20.9. The summed E-state index contributed by atoms with van der Waals surface area (Å²) in [6.45, 7) is 59.3. The van der Waals surface area contributed by atoms with E-state index in [4.69, 9.17) is 14.2 Å². The lowest BCUT2D eigenvalue weighted by Gasteiger charge is -2.48.